The van der Waals surface area contributed by atoms with E-state index in [4.69, 9.17) is 9.47 Å². The van der Waals surface area contributed by atoms with Crippen LogP contribution in [0.2, 0.25) is 0 Å². The lowest BCUT2D eigenvalue weighted by molar-refractivity contribution is -0.139. The highest BCUT2D eigenvalue weighted by atomic mass is 16.5. The molecule has 186 valence electrons. The van der Waals surface area contributed by atoms with Crippen molar-refractivity contribution in [1.82, 2.24) is 14.9 Å². The van der Waals surface area contributed by atoms with Crippen LogP contribution in [0.15, 0.2) is 54.3 Å². The number of hydrogen-bond acceptors (Lipinski definition) is 7. The maximum absolute atomic E-state index is 12.6. The molecule has 4 rings (SSSR count). The molecule has 1 aliphatic rings. The summed E-state index contributed by atoms with van der Waals surface area (Å²) in [5.74, 6) is -0.502. The van der Waals surface area contributed by atoms with Crippen molar-refractivity contribution in [2.24, 2.45) is 0 Å². The second-order valence-corrected chi connectivity index (χ2v) is 8.86. The van der Waals surface area contributed by atoms with Crippen LogP contribution < -0.4 is 4.74 Å². The minimum atomic E-state index is -0.679. The minimum Gasteiger partial charge on any atom is -0.507 e. The number of hydrogen-bond donors (Lipinski definition) is 2. The van der Waals surface area contributed by atoms with Crippen molar-refractivity contribution >= 4 is 28.5 Å². The molecular formula is C27H28N4O5. The van der Waals surface area contributed by atoms with E-state index in [2.05, 4.69) is 23.8 Å². The molecule has 2 N–H and O–H groups in total. The minimum absolute atomic E-state index is 0.0572. The van der Waals surface area contributed by atoms with Crippen LogP contribution in [0.25, 0.3) is 16.6 Å². The Morgan fingerprint density at radius 2 is 1.81 bits per heavy atom. The number of aliphatic hydroxyl groups is 1. The van der Waals surface area contributed by atoms with Crippen LogP contribution in [0.4, 0.5) is 0 Å². The third kappa shape index (κ3) is 5.49. The molecule has 0 spiro atoms. The van der Waals surface area contributed by atoms with Gasteiger partial charge < -0.3 is 24.5 Å². The monoisotopic (exact) mass is 488 g/mol. The van der Waals surface area contributed by atoms with Crippen LogP contribution in [0, 0.1) is 11.3 Å². The highest BCUT2D eigenvalue weighted by Gasteiger charge is 2.29. The molecule has 2 atom stereocenters. The molecule has 2 aromatic carbocycles. The molecule has 2 heterocycles. The van der Waals surface area contributed by atoms with Crippen molar-refractivity contribution in [1.29, 1.82) is 5.26 Å². The summed E-state index contributed by atoms with van der Waals surface area (Å²) < 4.78 is 10.8. The zero-order valence-electron chi connectivity index (χ0n) is 20.2. The lowest BCUT2D eigenvalue weighted by Crippen LogP contribution is -2.49. The quantitative estimate of drug-likeness (QED) is 0.287. The first-order valence-corrected chi connectivity index (χ1v) is 11.9. The van der Waals surface area contributed by atoms with Crippen molar-refractivity contribution < 1.29 is 24.2 Å². The number of piperidine rings is 1. The van der Waals surface area contributed by atoms with E-state index >= 15 is 0 Å². The second kappa shape index (κ2) is 11.0. The Hall–Kier alpha value is -4.32. The van der Waals surface area contributed by atoms with Crippen LogP contribution in [0.5, 0.6) is 5.75 Å². The fraction of sp³-hybridized carbons (Fsp3) is 0.333. The first-order chi connectivity index (χ1) is 17.4. The maximum Gasteiger partial charge on any atom is 0.338 e. The molecule has 0 unspecified atom stereocenters. The summed E-state index contributed by atoms with van der Waals surface area (Å²) in [5.41, 5.74) is 1.50. The topological polar surface area (TPSA) is 129 Å². The van der Waals surface area contributed by atoms with Gasteiger partial charge in [0.25, 0.3) is 5.91 Å². The fourth-order valence-electron chi connectivity index (χ4n) is 4.43. The number of allylic oxidation sites excluding steroid dienone is 1. The van der Waals surface area contributed by atoms with Gasteiger partial charge in [-0.15, -0.1) is 0 Å². The van der Waals surface area contributed by atoms with E-state index in [0.717, 1.165) is 19.3 Å². The summed E-state index contributed by atoms with van der Waals surface area (Å²) in [6, 6.07) is 15.7. The molecule has 1 fully saturated rings. The second-order valence-electron chi connectivity index (χ2n) is 8.86. The summed E-state index contributed by atoms with van der Waals surface area (Å²) in [7, 11) is 0. The van der Waals surface area contributed by atoms with Gasteiger partial charge in [0.15, 0.2) is 18.2 Å². The molecule has 9 heteroatoms. The van der Waals surface area contributed by atoms with Crippen LogP contribution >= 0.6 is 0 Å². The number of nitriles is 1. The number of imidazole rings is 1. The van der Waals surface area contributed by atoms with Crippen molar-refractivity contribution in [3.8, 4) is 11.8 Å². The van der Waals surface area contributed by atoms with Gasteiger partial charge in [-0.1, -0.05) is 12.1 Å². The Morgan fingerprint density at radius 3 is 2.47 bits per heavy atom. The normalized spacial score (nSPS) is 18.3. The Labute approximate surface area is 209 Å². The number of esters is 1. The number of likely N-dealkylation sites (tertiary alicyclic amines) is 1. The van der Waals surface area contributed by atoms with Crippen molar-refractivity contribution in [2.75, 3.05) is 13.2 Å². The Balaban J connectivity index is 1.33. The van der Waals surface area contributed by atoms with Gasteiger partial charge >= 0.3 is 5.97 Å². The van der Waals surface area contributed by atoms with Crippen LogP contribution in [-0.2, 0) is 9.53 Å². The number of ether oxygens (including phenoxy) is 2. The molecule has 0 bridgehead atoms. The lowest BCUT2D eigenvalue weighted by atomic mass is 9.97. The van der Waals surface area contributed by atoms with Crippen LogP contribution in [-0.4, -0.2) is 57.1 Å². The van der Waals surface area contributed by atoms with Gasteiger partial charge in [-0.3, -0.25) is 4.79 Å². The highest BCUT2D eigenvalue weighted by molar-refractivity contribution is 5.90. The first-order valence-electron chi connectivity index (χ1n) is 11.9. The maximum atomic E-state index is 12.6. The fourth-order valence-corrected chi connectivity index (χ4v) is 4.43. The molecule has 1 saturated heterocycles. The Kier molecular flexibility index (Phi) is 7.54. The van der Waals surface area contributed by atoms with E-state index in [-0.39, 0.29) is 41.6 Å². The number of amides is 1. The Bertz CT molecular complexity index is 1280. The van der Waals surface area contributed by atoms with E-state index in [0.29, 0.717) is 16.8 Å². The van der Waals surface area contributed by atoms with E-state index in [1.54, 1.807) is 24.3 Å². The molecule has 0 radical (unpaired) electrons. The average molecular weight is 489 g/mol. The number of nitrogens with zero attached hydrogens (tertiary/aromatic N) is 3. The van der Waals surface area contributed by atoms with Gasteiger partial charge in [0.05, 0.1) is 16.6 Å². The average Bonchev–Trinajstić information content (AvgIpc) is 3.30. The number of fused-ring (bicyclic) bond motifs is 1. The third-order valence-corrected chi connectivity index (χ3v) is 6.30. The van der Waals surface area contributed by atoms with Crippen molar-refractivity contribution in [2.45, 2.75) is 45.2 Å². The molecule has 9 nitrogen and oxygen atoms in total. The number of benzene rings is 2. The summed E-state index contributed by atoms with van der Waals surface area (Å²) in [4.78, 5) is 34.2. The van der Waals surface area contributed by atoms with Crippen LogP contribution in [0.3, 0.4) is 0 Å². The molecule has 0 aliphatic carbocycles. The highest BCUT2D eigenvalue weighted by Crippen LogP contribution is 2.23. The lowest BCUT2D eigenvalue weighted by Gasteiger charge is -2.38. The molecule has 1 aliphatic heterocycles. The van der Waals surface area contributed by atoms with Gasteiger partial charge in [-0.25, -0.2) is 9.78 Å². The summed E-state index contributed by atoms with van der Waals surface area (Å²) >= 11 is 0. The summed E-state index contributed by atoms with van der Waals surface area (Å²) in [5, 5.41) is 19.8. The number of H-pyrrole nitrogens is 1. The van der Waals surface area contributed by atoms with E-state index in [1.165, 1.54) is 12.1 Å². The smallest absolute Gasteiger partial charge is 0.338 e. The molecule has 3 aromatic rings. The van der Waals surface area contributed by atoms with Crippen molar-refractivity contribution in [3.05, 3.63) is 65.7 Å². The number of carbonyl (C=O) groups excluding carboxylic acids is 2. The SMILES string of the molecule is C[C@@H]1CCC[C@H](C)N1C(=O)COc1ccc(C(=O)OCC(O)=C(C#N)c2nc3ccccc3[nH]2)cc1. The zero-order chi connectivity index (χ0) is 25.7. The van der Waals surface area contributed by atoms with Crippen LogP contribution in [0.1, 0.15) is 49.3 Å². The number of aromatic nitrogens is 2. The largest absolute Gasteiger partial charge is 0.507 e. The number of nitrogens with one attached hydrogen (secondary N) is 1. The van der Waals surface area contributed by atoms with E-state index in [1.807, 2.05) is 23.1 Å². The standard InChI is InChI=1S/C27H28N4O5/c1-17-6-5-7-18(2)31(17)25(33)16-35-20-12-10-19(11-13-20)27(34)36-15-24(32)21(14-28)26-29-22-8-3-4-9-23(22)30-26/h3-4,8-13,17-18,32H,5-7,15-16H2,1-2H3,(H,29,30)/t17-,18+. The first kappa shape index (κ1) is 24.8. The molecule has 36 heavy (non-hydrogen) atoms. The number of carbonyl (C=O) groups is 2. The third-order valence-electron chi connectivity index (χ3n) is 6.30. The Morgan fingerprint density at radius 1 is 1.11 bits per heavy atom. The summed E-state index contributed by atoms with van der Waals surface area (Å²) in [6.45, 7) is 3.54. The number of aliphatic hydroxyl groups excluding tert-OH is 1. The van der Waals surface area contributed by atoms with Gasteiger partial charge in [0.2, 0.25) is 0 Å². The van der Waals surface area contributed by atoms with E-state index in [9.17, 15) is 20.0 Å². The number of aromatic amines is 1. The summed E-state index contributed by atoms with van der Waals surface area (Å²) in [6.07, 6.45) is 3.10. The van der Waals surface area contributed by atoms with Gasteiger partial charge in [-0.05, 0) is 69.5 Å². The number of rotatable bonds is 7. The zero-order valence-corrected chi connectivity index (χ0v) is 20.2. The van der Waals surface area contributed by atoms with E-state index < -0.39 is 18.3 Å². The molecule has 1 amide bonds. The molecule has 1 aromatic heterocycles. The molecular weight excluding hydrogens is 460 g/mol. The predicted octanol–water partition coefficient (Wildman–Crippen LogP) is 4.38. The van der Waals surface area contributed by atoms with Gasteiger partial charge in [0.1, 0.15) is 24.0 Å². The predicted molar refractivity (Wildman–Crippen MR) is 133 cm³/mol. The number of para-hydroxylation sites is 2. The van der Waals surface area contributed by atoms with Gasteiger partial charge in [0, 0.05) is 12.1 Å². The molecule has 0 saturated carbocycles. The van der Waals surface area contributed by atoms with Crippen molar-refractivity contribution in [3.63, 3.8) is 0 Å². The van der Waals surface area contributed by atoms with Gasteiger partial charge in [-0.2, -0.15) is 5.26 Å².